The molecule has 8 heteroatoms. The number of hydrogen-bond acceptors (Lipinski definition) is 5. The molecule has 1 atom stereocenters. The van der Waals surface area contributed by atoms with E-state index < -0.39 is 0 Å². The molecule has 1 unspecified atom stereocenters. The van der Waals surface area contributed by atoms with E-state index in [1.54, 1.807) is 22.9 Å². The van der Waals surface area contributed by atoms with E-state index in [1.165, 1.54) is 5.56 Å². The van der Waals surface area contributed by atoms with Gasteiger partial charge in [0.05, 0.1) is 32.1 Å². The third-order valence-electron chi connectivity index (χ3n) is 6.08. The molecule has 2 amide bonds. The number of aryl methyl sites for hydroxylation is 1. The normalized spacial score (nSPS) is 16.3. The van der Waals surface area contributed by atoms with Crippen LogP contribution in [0.1, 0.15) is 16.8 Å². The predicted molar refractivity (Wildman–Crippen MR) is 132 cm³/mol. The molecule has 0 bridgehead atoms. The number of benzene rings is 2. The zero-order chi connectivity index (χ0) is 24.6. The van der Waals surface area contributed by atoms with Gasteiger partial charge in [0.1, 0.15) is 12.3 Å². The molecule has 0 radical (unpaired) electrons. The van der Waals surface area contributed by atoms with Crippen LogP contribution in [0.15, 0.2) is 66.9 Å². The van der Waals surface area contributed by atoms with Crippen molar-refractivity contribution < 1.29 is 19.1 Å². The van der Waals surface area contributed by atoms with Crippen LogP contribution >= 0.6 is 0 Å². The molecule has 0 aliphatic carbocycles. The molecule has 0 N–H and O–H groups in total. The van der Waals surface area contributed by atoms with Crippen LogP contribution in [-0.4, -0.2) is 70.8 Å². The number of aromatic nitrogens is 2. The first-order valence-electron chi connectivity index (χ1n) is 11.8. The minimum absolute atomic E-state index is 0.0346. The summed E-state index contributed by atoms with van der Waals surface area (Å²) in [4.78, 5) is 29.6. The van der Waals surface area contributed by atoms with Gasteiger partial charge in [-0.1, -0.05) is 42.5 Å². The summed E-state index contributed by atoms with van der Waals surface area (Å²) >= 11 is 0. The summed E-state index contributed by atoms with van der Waals surface area (Å²) in [5.74, 6) is 0.540. The molecular formula is C27H32N4O4. The number of hydrogen-bond donors (Lipinski definition) is 0. The molecule has 2 aromatic carbocycles. The van der Waals surface area contributed by atoms with Crippen molar-refractivity contribution in [2.24, 2.45) is 0 Å². The lowest BCUT2D eigenvalue weighted by Gasteiger charge is -2.25. The Bertz CT molecular complexity index is 1130. The Morgan fingerprint density at radius 1 is 1.06 bits per heavy atom. The summed E-state index contributed by atoms with van der Waals surface area (Å²) in [6, 6.07) is 19.6. The molecule has 4 rings (SSSR count). The van der Waals surface area contributed by atoms with Gasteiger partial charge in [0.2, 0.25) is 11.8 Å². The van der Waals surface area contributed by atoms with Crippen molar-refractivity contribution in [2.45, 2.75) is 32.6 Å². The quantitative estimate of drug-likeness (QED) is 0.475. The Hall–Kier alpha value is -3.65. The second kappa shape index (κ2) is 11.7. The molecule has 35 heavy (non-hydrogen) atoms. The third-order valence-corrected chi connectivity index (χ3v) is 6.08. The maximum Gasteiger partial charge on any atom is 0.244 e. The lowest BCUT2D eigenvalue weighted by Crippen LogP contribution is -2.41. The average molecular weight is 477 g/mol. The van der Waals surface area contributed by atoms with Gasteiger partial charge >= 0.3 is 0 Å². The summed E-state index contributed by atoms with van der Waals surface area (Å²) in [6.45, 7) is 3.71. The minimum atomic E-state index is -0.313. The highest BCUT2D eigenvalue weighted by atomic mass is 16.5. The second-order valence-electron chi connectivity index (χ2n) is 8.79. The number of carbonyl (C=O) groups excluding carboxylic acids is 2. The van der Waals surface area contributed by atoms with Crippen LogP contribution in [0.3, 0.4) is 0 Å². The first-order chi connectivity index (χ1) is 17.0. The fraction of sp³-hybridized carbons (Fsp3) is 0.370. The minimum Gasteiger partial charge on any atom is -0.497 e. The number of ether oxygens (including phenoxy) is 2. The molecule has 184 valence electrons. The first kappa shape index (κ1) is 24.5. The van der Waals surface area contributed by atoms with E-state index in [2.05, 4.69) is 17.2 Å². The molecule has 1 aliphatic rings. The second-order valence-corrected chi connectivity index (χ2v) is 8.79. The van der Waals surface area contributed by atoms with E-state index in [1.807, 2.05) is 60.4 Å². The molecule has 1 saturated heterocycles. The van der Waals surface area contributed by atoms with E-state index >= 15 is 0 Å². The van der Waals surface area contributed by atoms with Crippen LogP contribution in [0, 0.1) is 6.92 Å². The van der Waals surface area contributed by atoms with Gasteiger partial charge in [-0.3, -0.25) is 14.3 Å². The van der Waals surface area contributed by atoms with E-state index in [0.717, 1.165) is 23.4 Å². The van der Waals surface area contributed by atoms with E-state index in [9.17, 15) is 9.59 Å². The van der Waals surface area contributed by atoms with E-state index in [-0.39, 0.29) is 31.0 Å². The van der Waals surface area contributed by atoms with Crippen molar-refractivity contribution in [3.63, 3.8) is 0 Å². The Morgan fingerprint density at radius 3 is 2.60 bits per heavy atom. The highest BCUT2D eigenvalue weighted by molar-refractivity contribution is 5.85. The van der Waals surface area contributed by atoms with Crippen molar-refractivity contribution in [3.05, 3.63) is 83.7 Å². The maximum absolute atomic E-state index is 13.1. The number of rotatable bonds is 9. The molecule has 3 aromatic rings. The van der Waals surface area contributed by atoms with Crippen molar-refractivity contribution in [1.29, 1.82) is 0 Å². The molecule has 8 nitrogen and oxygen atoms in total. The monoisotopic (exact) mass is 476 g/mol. The van der Waals surface area contributed by atoms with Crippen molar-refractivity contribution in [2.75, 3.05) is 33.3 Å². The van der Waals surface area contributed by atoms with E-state index in [0.29, 0.717) is 26.2 Å². The summed E-state index contributed by atoms with van der Waals surface area (Å²) in [5, 5.41) is 4.31. The van der Waals surface area contributed by atoms with Crippen LogP contribution in [-0.2, 0) is 33.9 Å². The highest BCUT2D eigenvalue weighted by Gasteiger charge is 2.31. The summed E-state index contributed by atoms with van der Waals surface area (Å²) in [5.41, 5.74) is 2.98. The highest BCUT2D eigenvalue weighted by Crippen LogP contribution is 2.16. The zero-order valence-electron chi connectivity index (χ0n) is 20.3. The van der Waals surface area contributed by atoms with Gasteiger partial charge in [0.15, 0.2) is 0 Å². The topological polar surface area (TPSA) is 76.9 Å². The molecule has 2 heterocycles. The van der Waals surface area contributed by atoms with Gasteiger partial charge in [0.25, 0.3) is 0 Å². The van der Waals surface area contributed by atoms with Gasteiger partial charge in [-0.25, -0.2) is 0 Å². The number of amides is 2. The van der Waals surface area contributed by atoms with Gasteiger partial charge in [0, 0.05) is 25.8 Å². The Kier molecular flexibility index (Phi) is 8.15. The molecule has 1 aromatic heterocycles. The third kappa shape index (κ3) is 6.93. The van der Waals surface area contributed by atoms with Crippen LogP contribution in [0.5, 0.6) is 5.75 Å². The van der Waals surface area contributed by atoms with Crippen LogP contribution < -0.4 is 4.74 Å². The SMILES string of the molecule is COc1cccc(COC2CN(CCc3ccccc3)C(=O)CN(C(=O)Cn3ccc(C)n3)C2)c1. The fourth-order valence-electron chi connectivity index (χ4n) is 4.17. The molecule has 1 aliphatic heterocycles. The molecule has 0 saturated carbocycles. The van der Waals surface area contributed by atoms with Crippen LogP contribution in [0.2, 0.25) is 0 Å². The smallest absolute Gasteiger partial charge is 0.244 e. The summed E-state index contributed by atoms with van der Waals surface area (Å²) < 4.78 is 13.2. The number of methoxy groups -OCH3 is 1. The van der Waals surface area contributed by atoms with Gasteiger partial charge in [-0.2, -0.15) is 5.10 Å². The average Bonchev–Trinajstić information content (AvgIpc) is 3.21. The first-order valence-corrected chi connectivity index (χ1v) is 11.8. The van der Waals surface area contributed by atoms with Gasteiger partial charge in [-0.15, -0.1) is 0 Å². The van der Waals surface area contributed by atoms with Crippen LogP contribution in [0.4, 0.5) is 0 Å². The van der Waals surface area contributed by atoms with E-state index in [4.69, 9.17) is 9.47 Å². The van der Waals surface area contributed by atoms with Gasteiger partial charge in [-0.05, 0) is 42.7 Å². The maximum atomic E-state index is 13.1. The Balaban J connectivity index is 1.46. The standard InChI is InChI=1S/C27H32N4O4/c1-21-11-14-31(28-21)19-27(33)30-17-25(35-20-23-9-6-10-24(15-23)34-2)16-29(26(32)18-30)13-12-22-7-4-3-5-8-22/h3-11,14-15,25H,12-13,16-20H2,1-2H3. The molecule has 1 fully saturated rings. The van der Waals surface area contributed by atoms with Crippen LogP contribution in [0.25, 0.3) is 0 Å². The largest absolute Gasteiger partial charge is 0.497 e. The predicted octanol–water partition coefficient (Wildman–Crippen LogP) is 2.70. The van der Waals surface area contributed by atoms with Crippen molar-refractivity contribution >= 4 is 11.8 Å². The number of carbonyl (C=O) groups is 2. The van der Waals surface area contributed by atoms with Gasteiger partial charge < -0.3 is 19.3 Å². The Labute approximate surface area is 206 Å². The summed E-state index contributed by atoms with van der Waals surface area (Å²) in [6.07, 6.45) is 2.21. The number of nitrogens with zero attached hydrogens (tertiary/aromatic N) is 4. The lowest BCUT2D eigenvalue weighted by molar-refractivity contribution is -0.139. The lowest BCUT2D eigenvalue weighted by atomic mass is 10.1. The Morgan fingerprint density at radius 2 is 1.86 bits per heavy atom. The molecular weight excluding hydrogens is 444 g/mol. The molecule has 0 spiro atoms. The summed E-state index contributed by atoms with van der Waals surface area (Å²) in [7, 11) is 1.63. The zero-order valence-corrected chi connectivity index (χ0v) is 20.3. The van der Waals surface area contributed by atoms with Crippen molar-refractivity contribution in [1.82, 2.24) is 19.6 Å². The fourth-order valence-corrected chi connectivity index (χ4v) is 4.17. The van der Waals surface area contributed by atoms with Crippen molar-refractivity contribution in [3.8, 4) is 5.75 Å².